The monoisotopic (exact) mass is 341 g/mol. The Kier molecular flexibility index (Phi) is 6.17. The first-order valence-electron chi connectivity index (χ1n) is 8.21. The van der Waals surface area contributed by atoms with Gasteiger partial charge in [0.1, 0.15) is 11.5 Å². The van der Waals surface area contributed by atoms with Gasteiger partial charge in [-0.15, -0.1) is 0 Å². The average Bonchev–Trinajstić information content (AvgIpc) is 2.56. The molecule has 2 rings (SSSR count). The van der Waals surface area contributed by atoms with Crippen LogP contribution in [0.4, 0.5) is 5.69 Å². The lowest BCUT2D eigenvalue weighted by Crippen LogP contribution is -2.28. The minimum atomic E-state index is -0.738. The van der Waals surface area contributed by atoms with Gasteiger partial charge in [-0.05, 0) is 54.8 Å². The van der Waals surface area contributed by atoms with Gasteiger partial charge in [-0.1, -0.05) is 26.0 Å². The van der Waals surface area contributed by atoms with Crippen LogP contribution in [-0.2, 0) is 9.59 Å². The highest BCUT2D eigenvalue weighted by atomic mass is 16.6. The third-order valence-electron chi connectivity index (χ3n) is 3.56. The summed E-state index contributed by atoms with van der Waals surface area (Å²) in [5, 5.41) is 2.65. The molecule has 132 valence electrons. The van der Waals surface area contributed by atoms with E-state index in [0.717, 1.165) is 5.56 Å². The van der Waals surface area contributed by atoms with E-state index in [0.29, 0.717) is 23.1 Å². The molecular weight excluding hydrogens is 318 g/mol. The Hall–Kier alpha value is -2.82. The lowest BCUT2D eigenvalue weighted by molar-refractivity contribution is -0.141. The van der Waals surface area contributed by atoms with Crippen LogP contribution in [0.15, 0.2) is 48.5 Å². The number of amides is 1. The van der Waals surface area contributed by atoms with E-state index in [-0.39, 0.29) is 5.91 Å². The Bertz CT molecular complexity index is 738. The van der Waals surface area contributed by atoms with Gasteiger partial charge < -0.3 is 14.8 Å². The van der Waals surface area contributed by atoms with Gasteiger partial charge in [0.15, 0.2) is 6.10 Å². The van der Waals surface area contributed by atoms with Crippen LogP contribution in [0.1, 0.15) is 39.2 Å². The fourth-order valence-corrected chi connectivity index (χ4v) is 2.21. The molecule has 2 aromatic carbocycles. The van der Waals surface area contributed by atoms with E-state index >= 15 is 0 Å². The Balaban J connectivity index is 1.96. The molecule has 25 heavy (non-hydrogen) atoms. The normalized spacial score (nSPS) is 11.7. The van der Waals surface area contributed by atoms with Gasteiger partial charge in [0, 0.05) is 12.6 Å². The number of esters is 1. The average molecular weight is 341 g/mol. The van der Waals surface area contributed by atoms with E-state index < -0.39 is 12.1 Å². The molecule has 1 unspecified atom stereocenters. The lowest BCUT2D eigenvalue weighted by Gasteiger charge is -2.15. The largest absolute Gasteiger partial charge is 0.479 e. The van der Waals surface area contributed by atoms with Gasteiger partial charge in [-0.3, -0.25) is 4.79 Å². The van der Waals surface area contributed by atoms with Crippen LogP contribution in [0.2, 0.25) is 0 Å². The highest BCUT2D eigenvalue weighted by Gasteiger charge is 2.17. The maximum Gasteiger partial charge on any atom is 0.352 e. The molecule has 1 atom stereocenters. The van der Waals surface area contributed by atoms with Crippen molar-refractivity contribution in [3.8, 4) is 11.5 Å². The molecule has 5 heteroatoms. The van der Waals surface area contributed by atoms with Crippen LogP contribution in [0.5, 0.6) is 11.5 Å². The Morgan fingerprint density at radius 2 is 1.64 bits per heavy atom. The fraction of sp³-hybridized carbons (Fsp3) is 0.300. The molecule has 2 aromatic rings. The summed E-state index contributed by atoms with van der Waals surface area (Å²) < 4.78 is 11.0. The molecule has 0 fully saturated rings. The van der Waals surface area contributed by atoms with Crippen molar-refractivity contribution in [2.75, 3.05) is 5.32 Å². The summed E-state index contributed by atoms with van der Waals surface area (Å²) in [5.41, 5.74) is 1.79. The summed E-state index contributed by atoms with van der Waals surface area (Å²) >= 11 is 0. The summed E-state index contributed by atoms with van der Waals surface area (Å²) in [5.74, 6) is 0.771. The molecule has 1 N–H and O–H groups in total. The van der Waals surface area contributed by atoms with Crippen molar-refractivity contribution in [1.82, 2.24) is 0 Å². The molecule has 0 aliphatic carbocycles. The molecule has 0 heterocycles. The topological polar surface area (TPSA) is 64.6 Å². The van der Waals surface area contributed by atoms with Crippen LogP contribution in [0.3, 0.4) is 0 Å². The molecule has 0 aliphatic rings. The highest BCUT2D eigenvalue weighted by Crippen LogP contribution is 2.22. The number of hydrogen-bond donors (Lipinski definition) is 1. The zero-order valence-corrected chi connectivity index (χ0v) is 14.9. The molecule has 0 aliphatic heterocycles. The third kappa shape index (κ3) is 5.64. The lowest BCUT2D eigenvalue weighted by atomic mass is 10.0. The smallest absolute Gasteiger partial charge is 0.352 e. The molecule has 0 radical (unpaired) electrons. The Morgan fingerprint density at radius 3 is 2.24 bits per heavy atom. The quantitative estimate of drug-likeness (QED) is 0.633. The summed E-state index contributed by atoms with van der Waals surface area (Å²) in [6, 6.07) is 14.3. The van der Waals surface area contributed by atoms with Crippen LogP contribution in [-0.4, -0.2) is 18.0 Å². The number of carbonyl (C=O) groups excluding carboxylic acids is 2. The number of nitrogens with one attached hydrogen (secondary N) is 1. The molecule has 0 bridgehead atoms. The summed E-state index contributed by atoms with van der Waals surface area (Å²) in [4.78, 5) is 23.2. The second-order valence-corrected chi connectivity index (χ2v) is 6.11. The maximum absolute atomic E-state index is 12.2. The number of hydrogen-bond acceptors (Lipinski definition) is 4. The maximum atomic E-state index is 12.2. The van der Waals surface area contributed by atoms with Crippen molar-refractivity contribution in [2.24, 2.45) is 0 Å². The van der Waals surface area contributed by atoms with E-state index in [1.165, 1.54) is 6.92 Å². The van der Waals surface area contributed by atoms with Crippen LogP contribution >= 0.6 is 0 Å². The van der Waals surface area contributed by atoms with E-state index in [4.69, 9.17) is 9.47 Å². The van der Waals surface area contributed by atoms with E-state index in [9.17, 15) is 9.59 Å². The predicted octanol–water partition coefficient (Wildman–Crippen LogP) is 4.14. The first-order valence-corrected chi connectivity index (χ1v) is 8.21. The number of benzene rings is 2. The highest BCUT2D eigenvalue weighted by molar-refractivity contribution is 5.88. The van der Waals surface area contributed by atoms with Gasteiger partial charge in [0.2, 0.25) is 5.91 Å². The number of carbonyl (C=O) groups is 2. The molecular formula is C20H23NO4. The van der Waals surface area contributed by atoms with Gasteiger partial charge in [0.05, 0.1) is 0 Å². The zero-order valence-electron chi connectivity index (χ0n) is 14.9. The van der Waals surface area contributed by atoms with Gasteiger partial charge in [0.25, 0.3) is 0 Å². The standard InChI is InChI=1S/C20H23NO4/c1-13(2)16-6-5-7-19(12-16)24-14(3)20(23)25-18-10-8-17(9-11-18)21-15(4)22/h5-14H,1-4H3,(H,21,22). The zero-order chi connectivity index (χ0) is 18.4. The number of anilines is 1. The van der Waals surface area contributed by atoms with E-state index in [1.54, 1.807) is 31.2 Å². The van der Waals surface area contributed by atoms with Crippen LogP contribution in [0, 0.1) is 0 Å². The predicted molar refractivity (Wildman–Crippen MR) is 97.0 cm³/mol. The summed E-state index contributed by atoms with van der Waals surface area (Å²) in [6.07, 6.45) is -0.738. The SMILES string of the molecule is CC(=O)Nc1ccc(OC(=O)C(C)Oc2cccc(C(C)C)c2)cc1. The van der Waals surface area contributed by atoms with Crippen molar-refractivity contribution in [3.05, 3.63) is 54.1 Å². The van der Waals surface area contributed by atoms with Gasteiger partial charge in [-0.2, -0.15) is 0 Å². The number of rotatable bonds is 6. The van der Waals surface area contributed by atoms with Gasteiger partial charge >= 0.3 is 5.97 Å². The molecule has 5 nitrogen and oxygen atoms in total. The van der Waals surface area contributed by atoms with Gasteiger partial charge in [-0.25, -0.2) is 4.79 Å². The van der Waals surface area contributed by atoms with E-state index in [1.807, 2.05) is 24.3 Å². The number of ether oxygens (including phenoxy) is 2. The Labute approximate surface area is 148 Å². The second kappa shape index (κ2) is 8.33. The minimum Gasteiger partial charge on any atom is -0.479 e. The van der Waals surface area contributed by atoms with Crippen LogP contribution in [0.25, 0.3) is 0 Å². The molecule has 0 aromatic heterocycles. The Morgan fingerprint density at radius 1 is 0.960 bits per heavy atom. The van der Waals surface area contributed by atoms with Crippen molar-refractivity contribution >= 4 is 17.6 Å². The first kappa shape index (κ1) is 18.5. The molecule has 0 saturated heterocycles. The minimum absolute atomic E-state index is 0.157. The summed E-state index contributed by atoms with van der Waals surface area (Å²) in [6.45, 7) is 7.28. The molecule has 0 spiro atoms. The van der Waals surface area contributed by atoms with Crippen molar-refractivity contribution in [2.45, 2.75) is 39.7 Å². The first-order chi connectivity index (χ1) is 11.8. The van der Waals surface area contributed by atoms with E-state index in [2.05, 4.69) is 19.2 Å². The van der Waals surface area contributed by atoms with Crippen molar-refractivity contribution in [3.63, 3.8) is 0 Å². The molecule has 0 saturated carbocycles. The third-order valence-corrected chi connectivity index (χ3v) is 3.56. The second-order valence-electron chi connectivity index (χ2n) is 6.11. The molecule has 1 amide bonds. The van der Waals surface area contributed by atoms with Crippen molar-refractivity contribution in [1.29, 1.82) is 0 Å². The van der Waals surface area contributed by atoms with Crippen molar-refractivity contribution < 1.29 is 19.1 Å². The van der Waals surface area contributed by atoms with Crippen LogP contribution < -0.4 is 14.8 Å². The summed E-state index contributed by atoms with van der Waals surface area (Å²) in [7, 11) is 0. The fourth-order valence-electron chi connectivity index (χ4n) is 2.21.